The van der Waals surface area contributed by atoms with Crippen molar-refractivity contribution >= 4 is 10.9 Å². The van der Waals surface area contributed by atoms with Crippen molar-refractivity contribution in [3.63, 3.8) is 0 Å². The van der Waals surface area contributed by atoms with Crippen LogP contribution in [0.3, 0.4) is 0 Å². The van der Waals surface area contributed by atoms with Gasteiger partial charge in [-0.05, 0) is 44.0 Å². The zero-order chi connectivity index (χ0) is 15.1. The summed E-state index contributed by atoms with van der Waals surface area (Å²) in [6.45, 7) is 6.79. The van der Waals surface area contributed by atoms with Crippen molar-refractivity contribution < 1.29 is 9.84 Å². The van der Waals surface area contributed by atoms with Crippen LogP contribution in [-0.4, -0.2) is 22.3 Å². The lowest BCUT2D eigenvalue weighted by atomic mass is 9.77. The van der Waals surface area contributed by atoms with Gasteiger partial charge in [0.05, 0.1) is 23.3 Å². The molecule has 1 aliphatic rings. The number of aryl methyl sites for hydroxylation is 1. The van der Waals surface area contributed by atoms with E-state index in [2.05, 4.69) is 31.0 Å². The molecule has 3 nitrogen and oxygen atoms in total. The van der Waals surface area contributed by atoms with E-state index in [4.69, 9.17) is 4.74 Å². The fourth-order valence-electron chi connectivity index (χ4n) is 3.21. The Morgan fingerprint density at radius 1 is 1.29 bits per heavy atom. The Kier molecular flexibility index (Phi) is 3.50. The maximum Gasteiger partial charge on any atom is 0.0946 e. The molecule has 1 N–H and O–H groups in total. The second-order valence-corrected chi connectivity index (χ2v) is 6.47. The van der Waals surface area contributed by atoms with Crippen LogP contribution in [0.15, 0.2) is 30.3 Å². The van der Waals surface area contributed by atoms with Crippen molar-refractivity contribution in [3.8, 4) is 0 Å². The summed E-state index contributed by atoms with van der Waals surface area (Å²) in [5, 5.41) is 12.2. The molecule has 3 rings (SSSR count). The number of aliphatic hydroxyl groups is 1. The monoisotopic (exact) mass is 285 g/mol. The number of nitrogens with zero attached hydrogens (tertiary/aromatic N) is 1. The van der Waals surface area contributed by atoms with E-state index in [-0.39, 0.29) is 5.60 Å². The van der Waals surface area contributed by atoms with Gasteiger partial charge in [0, 0.05) is 23.9 Å². The van der Waals surface area contributed by atoms with Crippen LogP contribution >= 0.6 is 0 Å². The van der Waals surface area contributed by atoms with Crippen molar-refractivity contribution in [1.29, 1.82) is 0 Å². The number of rotatable bonds is 2. The predicted octanol–water partition coefficient (Wildman–Crippen LogP) is 3.71. The summed E-state index contributed by atoms with van der Waals surface area (Å²) < 4.78 is 5.86. The number of ether oxygens (including phenoxy) is 1. The average Bonchev–Trinajstić information content (AvgIpc) is 2.46. The molecule has 112 valence electrons. The number of hydrogen-bond donors (Lipinski definition) is 1. The lowest BCUT2D eigenvalue weighted by Gasteiger charge is -2.43. The molecule has 1 fully saturated rings. The highest BCUT2D eigenvalue weighted by Crippen LogP contribution is 2.41. The average molecular weight is 285 g/mol. The number of aromatic nitrogens is 1. The molecule has 0 aliphatic carbocycles. The van der Waals surface area contributed by atoms with Gasteiger partial charge < -0.3 is 9.84 Å². The summed E-state index contributed by atoms with van der Waals surface area (Å²) >= 11 is 0. The standard InChI is InChI=1S/C18H23NO2/c1-4-17(3)12-18(20,9-10-21-17)15-7-8-16-14(11-15)6-5-13(2)19-16/h5-8,11,20H,4,9-10,12H2,1-3H3. The molecule has 3 heteroatoms. The van der Waals surface area contributed by atoms with E-state index in [1.807, 2.05) is 25.1 Å². The summed E-state index contributed by atoms with van der Waals surface area (Å²) in [4.78, 5) is 4.52. The van der Waals surface area contributed by atoms with Crippen molar-refractivity contribution in [2.75, 3.05) is 6.61 Å². The molecule has 0 spiro atoms. The first-order valence-electron chi connectivity index (χ1n) is 7.68. The molecule has 2 unspecified atom stereocenters. The van der Waals surface area contributed by atoms with Crippen molar-refractivity contribution in [3.05, 3.63) is 41.6 Å². The maximum atomic E-state index is 11.1. The molecule has 0 saturated carbocycles. The van der Waals surface area contributed by atoms with Crippen molar-refractivity contribution in [2.24, 2.45) is 0 Å². The van der Waals surface area contributed by atoms with Crippen molar-refractivity contribution in [1.82, 2.24) is 4.98 Å². The van der Waals surface area contributed by atoms with Crippen LogP contribution in [0.2, 0.25) is 0 Å². The molecule has 1 saturated heterocycles. The van der Waals surface area contributed by atoms with Crippen LogP contribution in [-0.2, 0) is 10.3 Å². The third-order valence-corrected chi connectivity index (χ3v) is 4.75. The molecule has 1 aliphatic heterocycles. The van der Waals surface area contributed by atoms with Crippen LogP contribution in [0.4, 0.5) is 0 Å². The fraction of sp³-hybridized carbons (Fsp3) is 0.500. The highest BCUT2D eigenvalue weighted by Gasteiger charge is 2.42. The van der Waals surface area contributed by atoms with Gasteiger partial charge in [0.1, 0.15) is 0 Å². The highest BCUT2D eigenvalue weighted by molar-refractivity contribution is 5.79. The molecule has 1 aromatic heterocycles. The van der Waals surface area contributed by atoms with Crippen molar-refractivity contribution in [2.45, 2.75) is 51.2 Å². The van der Waals surface area contributed by atoms with Gasteiger partial charge in [-0.1, -0.05) is 19.1 Å². The fourth-order valence-corrected chi connectivity index (χ4v) is 3.21. The van der Waals surface area contributed by atoms with Gasteiger partial charge in [-0.2, -0.15) is 0 Å². The van der Waals surface area contributed by atoms with Gasteiger partial charge in [0.2, 0.25) is 0 Å². The Hall–Kier alpha value is -1.45. The Labute approximate surface area is 126 Å². The van der Waals surface area contributed by atoms with E-state index in [0.29, 0.717) is 19.4 Å². The van der Waals surface area contributed by atoms with Gasteiger partial charge in [0.25, 0.3) is 0 Å². The number of fused-ring (bicyclic) bond motifs is 1. The highest BCUT2D eigenvalue weighted by atomic mass is 16.5. The normalized spacial score (nSPS) is 29.7. The van der Waals surface area contributed by atoms with Crippen LogP contribution in [0.5, 0.6) is 0 Å². The maximum absolute atomic E-state index is 11.1. The largest absolute Gasteiger partial charge is 0.385 e. The predicted molar refractivity (Wildman–Crippen MR) is 84.3 cm³/mol. The SMILES string of the molecule is CCC1(C)CC(O)(c2ccc3nc(C)ccc3c2)CCO1. The van der Waals surface area contributed by atoms with E-state index >= 15 is 0 Å². The molecule has 0 bridgehead atoms. The number of benzene rings is 1. The van der Waals surface area contributed by atoms with Gasteiger partial charge >= 0.3 is 0 Å². The second-order valence-electron chi connectivity index (χ2n) is 6.47. The molecule has 2 atom stereocenters. The molecule has 2 aromatic rings. The van der Waals surface area contributed by atoms with E-state index in [9.17, 15) is 5.11 Å². The first-order chi connectivity index (χ1) is 9.94. The van der Waals surface area contributed by atoms with Crippen LogP contribution < -0.4 is 0 Å². The molecule has 0 amide bonds. The lowest BCUT2D eigenvalue weighted by molar-refractivity contribution is -0.157. The summed E-state index contributed by atoms with van der Waals surface area (Å²) in [7, 11) is 0. The summed E-state index contributed by atoms with van der Waals surface area (Å²) in [5.41, 5.74) is 1.92. The van der Waals surface area contributed by atoms with Gasteiger partial charge in [0.15, 0.2) is 0 Å². The minimum atomic E-state index is -0.803. The number of hydrogen-bond acceptors (Lipinski definition) is 3. The first-order valence-corrected chi connectivity index (χ1v) is 7.68. The van der Waals surface area contributed by atoms with Gasteiger partial charge in [-0.25, -0.2) is 0 Å². The zero-order valence-corrected chi connectivity index (χ0v) is 13.0. The Morgan fingerprint density at radius 3 is 2.86 bits per heavy atom. The van der Waals surface area contributed by atoms with E-state index in [1.54, 1.807) is 0 Å². The molecule has 21 heavy (non-hydrogen) atoms. The summed E-state index contributed by atoms with van der Waals surface area (Å²) in [5.74, 6) is 0. The Balaban J connectivity index is 2.00. The lowest BCUT2D eigenvalue weighted by Crippen LogP contribution is -2.45. The molecular weight excluding hydrogens is 262 g/mol. The number of pyridine rings is 1. The van der Waals surface area contributed by atoms with Crippen LogP contribution in [0.25, 0.3) is 10.9 Å². The molecular formula is C18H23NO2. The van der Waals surface area contributed by atoms with Gasteiger partial charge in [-0.15, -0.1) is 0 Å². The quantitative estimate of drug-likeness (QED) is 0.914. The molecule has 2 heterocycles. The smallest absolute Gasteiger partial charge is 0.0946 e. The summed E-state index contributed by atoms with van der Waals surface area (Å²) in [6.07, 6.45) is 2.19. The van der Waals surface area contributed by atoms with Gasteiger partial charge in [-0.3, -0.25) is 4.98 Å². The van der Waals surface area contributed by atoms with E-state index < -0.39 is 5.60 Å². The Bertz CT molecular complexity index is 669. The summed E-state index contributed by atoms with van der Waals surface area (Å²) in [6, 6.07) is 10.2. The van der Waals surface area contributed by atoms with Crippen LogP contribution in [0.1, 0.15) is 44.4 Å². The third-order valence-electron chi connectivity index (χ3n) is 4.75. The topological polar surface area (TPSA) is 42.4 Å². The molecule has 0 radical (unpaired) electrons. The van der Waals surface area contributed by atoms with E-state index in [1.165, 1.54) is 0 Å². The minimum Gasteiger partial charge on any atom is -0.385 e. The first kappa shape index (κ1) is 14.5. The minimum absolute atomic E-state index is 0.243. The molecule has 1 aromatic carbocycles. The Morgan fingerprint density at radius 2 is 2.10 bits per heavy atom. The van der Waals surface area contributed by atoms with Crippen LogP contribution in [0, 0.1) is 6.92 Å². The zero-order valence-electron chi connectivity index (χ0n) is 13.0. The van der Waals surface area contributed by atoms with E-state index in [0.717, 1.165) is 28.6 Å². The third kappa shape index (κ3) is 2.68. The second kappa shape index (κ2) is 5.08.